The van der Waals surface area contributed by atoms with Crippen molar-refractivity contribution in [1.29, 1.82) is 0 Å². The largest absolute Gasteiger partial charge is 0.497 e. The van der Waals surface area contributed by atoms with E-state index in [1.54, 1.807) is 7.11 Å². The summed E-state index contributed by atoms with van der Waals surface area (Å²) < 4.78 is 6.07. The minimum Gasteiger partial charge on any atom is -0.497 e. The van der Waals surface area contributed by atoms with Gasteiger partial charge in [0.15, 0.2) is 5.78 Å². The highest BCUT2D eigenvalue weighted by Gasteiger charge is 2.21. The van der Waals surface area contributed by atoms with Crippen LogP contribution < -0.4 is 4.74 Å². The lowest BCUT2D eigenvalue weighted by atomic mass is 9.97. The van der Waals surface area contributed by atoms with Crippen molar-refractivity contribution < 1.29 is 9.53 Å². The molecule has 0 aliphatic carbocycles. The molecule has 0 atom stereocenters. The third-order valence-electron chi connectivity index (χ3n) is 3.96. The quantitative estimate of drug-likeness (QED) is 0.441. The molecule has 0 saturated carbocycles. The Bertz CT molecular complexity index is 940. The minimum atomic E-state index is -0.0189. The zero-order valence-electron chi connectivity index (χ0n) is 13.6. The molecule has 1 aromatic heterocycles. The molecule has 0 bridgehead atoms. The normalized spacial score (nSPS) is 10.8. The van der Waals surface area contributed by atoms with Crippen LogP contribution in [-0.2, 0) is 0 Å². The molecular formula is C19H16BrNO2S. The fourth-order valence-corrected chi connectivity index (χ4v) is 3.81. The zero-order chi connectivity index (χ0) is 17.3. The van der Waals surface area contributed by atoms with E-state index in [9.17, 15) is 4.79 Å². The first-order valence-electron chi connectivity index (χ1n) is 7.38. The average molecular weight is 402 g/mol. The topological polar surface area (TPSA) is 39.2 Å². The van der Waals surface area contributed by atoms with Crippen LogP contribution in [0, 0.1) is 6.92 Å². The van der Waals surface area contributed by atoms with E-state index in [1.165, 1.54) is 11.8 Å². The van der Waals surface area contributed by atoms with Gasteiger partial charge in [-0.25, -0.2) is 4.98 Å². The van der Waals surface area contributed by atoms with Crippen molar-refractivity contribution >= 4 is 44.4 Å². The Kier molecular flexibility index (Phi) is 4.92. The van der Waals surface area contributed by atoms with Crippen molar-refractivity contribution in [3.8, 4) is 5.75 Å². The van der Waals surface area contributed by atoms with Gasteiger partial charge < -0.3 is 4.74 Å². The van der Waals surface area contributed by atoms with Crippen molar-refractivity contribution in [3.05, 3.63) is 63.6 Å². The Hall–Kier alpha value is -1.85. The summed E-state index contributed by atoms with van der Waals surface area (Å²) in [7, 11) is 1.63. The first-order valence-corrected chi connectivity index (χ1v) is 9.40. The monoisotopic (exact) mass is 401 g/mol. The molecule has 0 radical (unpaired) electrons. The Morgan fingerprint density at radius 3 is 2.62 bits per heavy atom. The third kappa shape index (κ3) is 2.94. The number of halogens is 1. The number of ketones is 1. The smallest absolute Gasteiger partial charge is 0.197 e. The van der Waals surface area contributed by atoms with E-state index in [4.69, 9.17) is 4.74 Å². The molecule has 0 amide bonds. The van der Waals surface area contributed by atoms with Crippen molar-refractivity contribution in [3.63, 3.8) is 0 Å². The molecule has 0 saturated heterocycles. The van der Waals surface area contributed by atoms with Crippen molar-refractivity contribution in [1.82, 2.24) is 4.98 Å². The molecule has 2 aromatic carbocycles. The highest BCUT2D eigenvalue weighted by molar-refractivity contribution is 9.10. The van der Waals surface area contributed by atoms with Crippen LogP contribution in [0.4, 0.5) is 0 Å². The fraction of sp³-hybridized carbons (Fsp3) is 0.158. The number of aryl methyl sites for hydroxylation is 1. The highest BCUT2D eigenvalue weighted by Crippen LogP contribution is 2.32. The van der Waals surface area contributed by atoms with Crippen LogP contribution in [0.1, 0.15) is 21.5 Å². The highest BCUT2D eigenvalue weighted by atomic mass is 79.9. The van der Waals surface area contributed by atoms with Crippen LogP contribution in [0.3, 0.4) is 0 Å². The lowest BCUT2D eigenvalue weighted by Crippen LogP contribution is -2.08. The average Bonchev–Trinajstić information content (AvgIpc) is 2.60. The maximum absolute atomic E-state index is 13.1. The molecule has 3 nitrogen and oxygen atoms in total. The predicted octanol–water partition coefficient (Wildman–Crippen LogP) is 5.27. The molecule has 0 aliphatic rings. The second-order valence-electron chi connectivity index (χ2n) is 5.31. The van der Waals surface area contributed by atoms with Crippen LogP contribution in [0.2, 0.25) is 0 Å². The molecular weight excluding hydrogens is 386 g/mol. The van der Waals surface area contributed by atoms with E-state index >= 15 is 0 Å². The van der Waals surface area contributed by atoms with Gasteiger partial charge in [0.25, 0.3) is 0 Å². The van der Waals surface area contributed by atoms with Crippen molar-refractivity contribution in [2.24, 2.45) is 0 Å². The molecule has 3 rings (SSSR count). The number of fused-ring (bicyclic) bond motifs is 1. The maximum atomic E-state index is 13.1. The summed E-state index contributed by atoms with van der Waals surface area (Å²) in [6.45, 7) is 1.97. The van der Waals surface area contributed by atoms with Gasteiger partial charge in [-0.2, -0.15) is 0 Å². The summed E-state index contributed by atoms with van der Waals surface area (Å²) in [5, 5.41) is 1.69. The number of carbonyl (C=O) groups excluding carboxylic acids is 1. The molecule has 1 heterocycles. The number of rotatable bonds is 4. The first-order chi connectivity index (χ1) is 11.6. The molecule has 3 aromatic rings. The van der Waals surface area contributed by atoms with E-state index < -0.39 is 0 Å². The SMILES string of the molecule is COc1ccc2c(C)c(C(=O)c3ccccc3Br)c(SC)nc2c1. The summed E-state index contributed by atoms with van der Waals surface area (Å²) in [6, 6.07) is 13.2. The number of benzene rings is 2. The zero-order valence-corrected chi connectivity index (χ0v) is 16.0. The summed E-state index contributed by atoms with van der Waals surface area (Å²) in [6.07, 6.45) is 1.94. The lowest BCUT2D eigenvalue weighted by Gasteiger charge is -2.14. The standard InChI is InChI=1S/C19H16BrNO2S/c1-11-13-9-8-12(23-2)10-16(13)21-19(24-3)17(11)18(22)14-6-4-5-7-15(14)20/h4-10H,1-3H3. The van der Waals surface area contributed by atoms with Gasteiger partial charge in [-0.15, -0.1) is 11.8 Å². The van der Waals surface area contributed by atoms with Gasteiger partial charge in [-0.1, -0.05) is 28.1 Å². The van der Waals surface area contributed by atoms with Crippen LogP contribution in [0.25, 0.3) is 10.9 Å². The van der Waals surface area contributed by atoms with Gasteiger partial charge in [0.2, 0.25) is 0 Å². The second kappa shape index (κ2) is 6.95. The van der Waals surface area contributed by atoms with Crippen molar-refractivity contribution in [2.75, 3.05) is 13.4 Å². The minimum absolute atomic E-state index is 0.0189. The Morgan fingerprint density at radius 2 is 1.96 bits per heavy atom. The summed E-state index contributed by atoms with van der Waals surface area (Å²) in [5.74, 6) is 0.737. The van der Waals surface area contributed by atoms with E-state index in [-0.39, 0.29) is 5.78 Å². The van der Waals surface area contributed by atoms with Gasteiger partial charge in [0.05, 0.1) is 18.2 Å². The Balaban J connectivity index is 2.26. The third-order valence-corrected chi connectivity index (χ3v) is 5.33. The van der Waals surface area contributed by atoms with Crippen LogP contribution in [0.5, 0.6) is 5.75 Å². The predicted molar refractivity (Wildman–Crippen MR) is 102 cm³/mol. The summed E-state index contributed by atoms with van der Waals surface area (Å²) in [4.78, 5) is 17.8. The number of nitrogens with zero attached hydrogens (tertiary/aromatic N) is 1. The molecule has 5 heteroatoms. The van der Waals surface area contributed by atoms with E-state index in [0.29, 0.717) is 11.1 Å². The molecule has 0 unspecified atom stereocenters. The second-order valence-corrected chi connectivity index (χ2v) is 6.96. The number of pyridine rings is 1. The number of hydrogen-bond acceptors (Lipinski definition) is 4. The molecule has 24 heavy (non-hydrogen) atoms. The summed E-state index contributed by atoms with van der Waals surface area (Å²) >= 11 is 4.95. The van der Waals surface area contributed by atoms with Crippen LogP contribution >= 0.6 is 27.7 Å². The van der Waals surface area contributed by atoms with Gasteiger partial charge >= 0.3 is 0 Å². The number of aromatic nitrogens is 1. The van der Waals surface area contributed by atoms with E-state index in [1.807, 2.05) is 55.6 Å². The van der Waals surface area contributed by atoms with Gasteiger partial charge in [0.1, 0.15) is 10.8 Å². The molecule has 0 fully saturated rings. The molecule has 0 N–H and O–H groups in total. The van der Waals surface area contributed by atoms with Crippen LogP contribution in [0.15, 0.2) is 52.0 Å². The molecule has 0 spiro atoms. The van der Waals surface area contributed by atoms with Crippen molar-refractivity contribution in [2.45, 2.75) is 11.9 Å². The van der Waals surface area contributed by atoms with Gasteiger partial charge in [-0.05, 0) is 43.0 Å². The fourth-order valence-electron chi connectivity index (χ4n) is 2.70. The number of carbonyl (C=O) groups is 1. The number of methoxy groups -OCH3 is 1. The van der Waals surface area contributed by atoms with Gasteiger partial charge in [0, 0.05) is 21.5 Å². The van der Waals surface area contributed by atoms with Crippen LogP contribution in [-0.4, -0.2) is 24.1 Å². The molecule has 0 aliphatic heterocycles. The summed E-state index contributed by atoms with van der Waals surface area (Å²) in [5.41, 5.74) is 3.07. The number of hydrogen-bond donors (Lipinski definition) is 0. The molecule has 122 valence electrons. The lowest BCUT2D eigenvalue weighted by molar-refractivity contribution is 0.103. The maximum Gasteiger partial charge on any atom is 0.197 e. The number of thioether (sulfide) groups is 1. The first kappa shape index (κ1) is 17.0. The Morgan fingerprint density at radius 1 is 1.21 bits per heavy atom. The Labute approximate surface area is 153 Å². The number of ether oxygens (including phenoxy) is 1. The van der Waals surface area contributed by atoms with Gasteiger partial charge in [-0.3, -0.25) is 4.79 Å². The van der Waals surface area contributed by atoms with E-state index in [0.717, 1.165) is 31.7 Å². The van der Waals surface area contributed by atoms with E-state index in [2.05, 4.69) is 20.9 Å².